The molecule has 0 unspecified atom stereocenters. The number of likely N-dealkylation sites (tertiary alicyclic amines) is 1. The molecule has 0 radical (unpaired) electrons. The summed E-state index contributed by atoms with van der Waals surface area (Å²) in [5, 5.41) is 23.9. The van der Waals surface area contributed by atoms with Crippen molar-refractivity contribution in [3.63, 3.8) is 0 Å². The molecule has 2 heterocycles. The molecule has 0 atom stereocenters. The number of ketones is 2. The first-order chi connectivity index (χ1) is 28.7. The summed E-state index contributed by atoms with van der Waals surface area (Å²) in [5.41, 5.74) is 7.80. The standard InChI is InChI=1S/C23H23F3N2O3.C14H15F2NO.C8H10FNO/c24-16-8-17-18(20(26)9-16)10-23(11-21(17)30)3-5-28(6-4-23)22(31)27-12-14-1-2-19(25)15(7-14)13-29;15-9-5-10-11(12(16)6-9)7-14(8-13(10)18)1-3-17-4-2-14;9-8-2-1-6(4-10)3-7(8)5-11/h1-2,7-9,29H,3-6,10-13H2,(H,27,31);5-6,17H,1-4,7-8H2;1-3,11H,4-5,10H2. The number of nitrogens with two attached hydrogens (primary N) is 1. The fourth-order valence-corrected chi connectivity index (χ4v) is 8.68. The Morgan fingerprint density at radius 1 is 0.650 bits per heavy atom. The van der Waals surface area contributed by atoms with E-state index in [1.54, 1.807) is 23.1 Å². The maximum absolute atomic E-state index is 14.3. The molecule has 15 heteroatoms. The number of amides is 2. The van der Waals surface area contributed by atoms with Gasteiger partial charge in [-0.3, -0.25) is 9.59 Å². The van der Waals surface area contributed by atoms with Crippen LogP contribution in [-0.4, -0.2) is 58.9 Å². The number of rotatable bonds is 5. The molecule has 9 nitrogen and oxygen atoms in total. The molecule has 0 bridgehead atoms. The number of aliphatic hydroxyl groups excluding tert-OH is 2. The molecule has 4 aliphatic rings. The number of carbonyl (C=O) groups is 3. The van der Waals surface area contributed by atoms with Crippen LogP contribution in [-0.2, 0) is 39.1 Å². The number of benzene rings is 4. The summed E-state index contributed by atoms with van der Waals surface area (Å²) < 4.78 is 80.9. The van der Waals surface area contributed by atoms with Crippen LogP contribution in [0.1, 0.15) is 92.6 Å². The largest absolute Gasteiger partial charge is 0.392 e. The number of aliphatic hydroxyl groups is 2. The van der Waals surface area contributed by atoms with Gasteiger partial charge in [-0.05, 0) is 121 Å². The lowest BCUT2D eigenvalue weighted by Crippen LogP contribution is -2.49. The summed E-state index contributed by atoms with van der Waals surface area (Å²) in [4.78, 5) is 38.8. The number of nitrogens with zero attached hydrogens (tertiary/aromatic N) is 1. The third-order valence-corrected chi connectivity index (χ3v) is 12.1. The van der Waals surface area contributed by atoms with Gasteiger partial charge in [0.1, 0.15) is 34.9 Å². The lowest BCUT2D eigenvalue weighted by atomic mass is 9.66. The fraction of sp³-hybridized carbons (Fsp3) is 0.400. The quantitative estimate of drug-likeness (QED) is 0.137. The molecular formula is C45H48F6N4O5. The molecule has 2 fully saturated rings. The third-order valence-electron chi connectivity index (χ3n) is 12.1. The smallest absolute Gasteiger partial charge is 0.317 e. The zero-order valence-electron chi connectivity index (χ0n) is 33.0. The molecule has 0 saturated carbocycles. The highest BCUT2D eigenvalue weighted by molar-refractivity contribution is 5.99. The number of hydrogen-bond donors (Lipinski definition) is 5. The monoisotopic (exact) mass is 838 g/mol. The molecule has 2 aliphatic heterocycles. The molecule has 8 rings (SSSR count). The van der Waals surface area contributed by atoms with Crippen molar-refractivity contribution in [3.05, 3.63) is 140 Å². The Labute approximate surface area is 344 Å². The van der Waals surface area contributed by atoms with Gasteiger partial charge < -0.3 is 31.5 Å². The van der Waals surface area contributed by atoms with Gasteiger partial charge in [-0.25, -0.2) is 31.1 Å². The molecule has 4 aromatic rings. The van der Waals surface area contributed by atoms with Crippen LogP contribution in [0.5, 0.6) is 0 Å². The average Bonchev–Trinajstić information content (AvgIpc) is 3.23. The van der Waals surface area contributed by atoms with E-state index < -0.39 is 41.1 Å². The molecule has 320 valence electrons. The van der Waals surface area contributed by atoms with Gasteiger partial charge >= 0.3 is 6.03 Å². The van der Waals surface area contributed by atoms with E-state index >= 15 is 0 Å². The molecule has 6 N–H and O–H groups in total. The second kappa shape index (κ2) is 19.1. The van der Waals surface area contributed by atoms with Gasteiger partial charge in [-0.15, -0.1) is 0 Å². The van der Waals surface area contributed by atoms with Gasteiger partial charge in [0.15, 0.2) is 11.6 Å². The molecule has 2 saturated heterocycles. The van der Waals surface area contributed by atoms with Crippen LogP contribution in [0.15, 0.2) is 60.7 Å². The summed E-state index contributed by atoms with van der Waals surface area (Å²) in [6.45, 7) is 2.43. The van der Waals surface area contributed by atoms with E-state index in [0.29, 0.717) is 68.4 Å². The van der Waals surface area contributed by atoms with Crippen molar-refractivity contribution in [1.29, 1.82) is 0 Å². The van der Waals surface area contributed by atoms with Crippen molar-refractivity contribution < 1.29 is 50.9 Å². The molecular weight excluding hydrogens is 791 g/mol. The van der Waals surface area contributed by atoms with Crippen LogP contribution in [0.25, 0.3) is 0 Å². The van der Waals surface area contributed by atoms with E-state index in [1.807, 2.05) is 0 Å². The van der Waals surface area contributed by atoms with Crippen molar-refractivity contribution in [2.24, 2.45) is 16.6 Å². The van der Waals surface area contributed by atoms with E-state index in [1.165, 1.54) is 24.3 Å². The highest BCUT2D eigenvalue weighted by Crippen LogP contribution is 2.45. The summed E-state index contributed by atoms with van der Waals surface area (Å²) in [7, 11) is 0. The van der Waals surface area contributed by atoms with E-state index in [4.69, 9.17) is 15.9 Å². The first-order valence-corrected chi connectivity index (χ1v) is 19.9. The van der Waals surface area contributed by atoms with Crippen LogP contribution in [0.3, 0.4) is 0 Å². The summed E-state index contributed by atoms with van der Waals surface area (Å²) in [5.74, 6) is -3.93. The molecule has 2 amide bonds. The maximum atomic E-state index is 14.3. The Balaban J connectivity index is 0.000000174. The Hall–Kier alpha value is -5.09. The highest BCUT2D eigenvalue weighted by atomic mass is 19.2. The fourth-order valence-electron chi connectivity index (χ4n) is 8.68. The number of piperidine rings is 2. The summed E-state index contributed by atoms with van der Waals surface area (Å²) in [6, 6.07) is 12.5. The predicted molar refractivity (Wildman–Crippen MR) is 211 cm³/mol. The average molecular weight is 839 g/mol. The van der Waals surface area contributed by atoms with Crippen LogP contribution in [0.2, 0.25) is 0 Å². The number of halogens is 6. The summed E-state index contributed by atoms with van der Waals surface area (Å²) >= 11 is 0. The van der Waals surface area contributed by atoms with Gasteiger partial charge in [0.05, 0.1) is 13.2 Å². The van der Waals surface area contributed by atoms with Crippen molar-refractivity contribution in [2.75, 3.05) is 26.2 Å². The predicted octanol–water partition coefficient (Wildman–Crippen LogP) is 6.96. The first-order valence-electron chi connectivity index (χ1n) is 19.9. The number of urea groups is 1. The maximum Gasteiger partial charge on any atom is 0.317 e. The normalized spacial score (nSPS) is 17.5. The number of carbonyl (C=O) groups excluding carboxylic acids is 3. The topological polar surface area (TPSA) is 145 Å². The van der Waals surface area contributed by atoms with E-state index in [2.05, 4.69) is 10.6 Å². The Bertz CT molecular complexity index is 2240. The van der Waals surface area contributed by atoms with Gasteiger partial charge in [-0.2, -0.15) is 0 Å². The third kappa shape index (κ3) is 10.3. The zero-order valence-corrected chi connectivity index (χ0v) is 33.0. The minimum Gasteiger partial charge on any atom is -0.392 e. The van der Waals surface area contributed by atoms with Crippen LogP contribution < -0.4 is 16.4 Å². The van der Waals surface area contributed by atoms with E-state index in [-0.39, 0.29) is 70.7 Å². The van der Waals surface area contributed by atoms with Crippen LogP contribution in [0.4, 0.5) is 31.1 Å². The van der Waals surface area contributed by atoms with Crippen LogP contribution >= 0.6 is 0 Å². The van der Waals surface area contributed by atoms with Crippen LogP contribution in [0, 0.1) is 45.7 Å². The Kier molecular flexibility index (Phi) is 14.1. The van der Waals surface area contributed by atoms with E-state index in [9.17, 15) is 40.7 Å². The second-order valence-electron chi connectivity index (χ2n) is 16.1. The molecule has 0 aromatic heterocycles. The number of hydrogen-bond acceptors (Lipinski definition) is 7. The zero-order chi connectivity index (χ0) is 43.2. The molecule has 2 aliphatic carbocycles. The lowest BCUT2D eigenvalue weighted by Gasteiger charge is -2.44. The number of nitrogens with one attached hydrogen (secondary N) is 2. The van der Waals surface area contributed by atoms with Crippen molar-refractivity contribution >= 4 is 17.6 Å². The Morgan fingerprint density at radius 2 is 1.12 bits per heavy atom. The Morgan fingerprint density at radius 3 is 1.60 bits per heavy atom. The minimum atomic E-state index is -0.751. The second-order valence-corrected chi connectivity index (χ2v) is 16.1. The van der Waals surface area contributed by atoms with Gasteiger partial charge in [0, 0.05) is 73.4 Å². The van der Waals surface area contributed by atoms with Gasteiger partial charge in [0.25, 0.3) is 0 Å². The molecule has 2 spiro atoms. The SMILES string of the molecule is NCc1ccc(F)c(CO)c1.O=C1CC2(CCN(C(=O)NCc3ccc(F)c(CO)c3)CC2)Cc2c(F)cc(F)cc21.O=C1CC2(CCNCC2)Cc2c(F)cc(F)cc21. The number of Topliss-reactive ketones (excluding diaryl/α,β-unsaturated/α-hetero) is 2. The first kappa shape index (κ1) is 44.5. The van der Waals surface area contributed by atoms with Crippen molar-refractivity contribution in [3.8, 4) is 0 Å². The molecule has 60 heavy (non-hydrogen) atoms. The lowest BCUT2D eigenvalue weighted by molar-refractivity contribution is 0.0728. The number of fused-ring (bicyclic) bond motifs is 2. The van der Waals surface area contributed by atoms with Gasteiger partial charge in [0.2, 0.25) is 0 Å². The van der Waals surface area contributed by atoms with Crippen molar-refractivity contribution in [2.45, 2.75) is 77.7 Å². The summed E-state index contributed by atoms with van der Waals surface area (Å²) in [6.07, 6.45) is 4.42. The molecule has 4 aromatic carbocycles. The van der Waals surface area contributed by atoms with Gasteiger partial charge in [-0.1, -0.05) is 12.1 Å². The minimum absolute atomic E-state index is 0.114. The van der Waals surface area contributed by atoms with E-state index in [0.717, 1.165) is 49.7 Å². The highest BCUT2D eigenvalue weighted by Gasteiger charge is 2.43. The van der Waals surface area contributed by atoms with Crippen molar-refractivity contribution in [1.82, 2.24) is 15.5 Å².